The molecular weight excluding hydrogens is 303 g/mol. The molecule has 0 unspecified atom stereocenters. The van der Waals surface area contributed by atoms with E-state index >= 15 is 0 Å². The lowest BCUT2D eigenvalue weighted by Gasteiger charge is -2.28. The van der Waals surface area contributed by atoms with Crippen molar-refractivity contribution < 1.29 is 9.84 Å². The molecule has 2 nitrogen and oxygen atoms in total. The Balaban J connectivity index is 2.01. The highest BCUT2D eigenvalue weighted by molar-refractivity contribution is 14.1. The van der Waals surface area contributed by atoms with Gasteiger partial charge in [0.1, 0.15) is 11.9 Å². The third-order valence-electron chi connectivity index (χ3n) is 2.75. The van der Waals surface area contributed by atoms with Crippen molar-refractivity contribution in [3.63, 3.8) is 0 Å². The van der Waals surface area contributed by atoms with E-state index in [4.69, 9.17) is 4.74 Å². The lowest BCUT2D eigenvalue weighted by molar-refractivity contribution is 0.00684. The molecule has 1 aromatic rings. The molecule has 0 aliphatic heterocycles. The first-order valence-corrected chi connectivity index (χ1v) is 6.44. The van der Waals surface area contributed by atoms with Crippen molar-refractivity contribution in [2.24, 2.45) is 0 Å². The normalized spacial score (nSPS) is 26.3. The molecule has 0 spiro atoms. The van der Waals surface area contributed by atoms with Crippen LogP contribution in [-0.2, 0) is 0 Å². The van der Waals surface area contributed by atoms with Crippen LogP contribution in [-0.4, -0.2) is 17.3 Å². The Morgan fingerprint density at radius 2 is 2.07 bits per heavy atom. The molecule has 1 aromatic carbocycles. The second kappa shape index (κ2) is 5.16. The highest BCUT2D eigenvalue weighted by atomic mass is 127. The highest BCUT2D eigenvalue weighted by Crippen LogP contribution is 2.24. The number of ether oxygens (including phenoxy) is 1. The van der Waals surface area contributed by atoms with Crippen molar-refractivity contribution in [1.29, 1.82) is 0 Å². The molecular formula is C12H15IO2. The third-order valence-corrected chi connectivity index (χ3v) is 3.42. The second-order valence-corrected chi connectivity index (χ2v) is 5.21. The van der Waals surface area contributed by atoms with Crippen LogP contribution in [0.4, 0.5) is 0 Å². The average Bonchev–Trinajstić information content (AvgIpc) is 2.22. The number of hydrogen-bond donors (Lipinski definition) is 1. The van der Waals surface area contributed by atoms with Crippen molar-refractivity contribution >= 4 is 22.6 Å². The van der Waals surface area contributed by atoms with Crippen LogP contribution >= 0.6 is 22.6 Å². The standard InChI is InChI=1S/C12H15IO2/c13-9-4-3-5-10(8-9)15-12-7-2-1-6-11(12)14/h3-5,8,11-12,14H,1-2,6-7H2/t11-,12-/m0/s1. The number of halogens is 1. The molecule has 0 bridgehead atoms. The van der Waals surface area contributed by atoms with Crippen LogP contribution in [0.25, 0.3) is 0 Å². The van der Waals surface area contributed by atoms with Crippen LogP contribution < -0.4 is 4.74 Å². The Morgan fingerprint density at radius 1 is 1.27 bits per heavy atom. The fraction of sp³-hybridized carbons (Fsp3) is 0.500. The van der Waals surface area contributed by atoms with Crippen LogP contribution in [0.5, 0.6) is 5.75 Å². The van der Waals surface area contributed by atoms with Crippen molar-refractivity contribution in [3.05, 3.63) is 27.8 Å². The molecule has 1 fully saturated rings. The summed E-state index contributed by atoms with van der Waals surface area (Å²) in [4.78, 5) is 0. The summed E-state index contributed by atoms with van der Waals surface area (Å²) < 4.78 is 6.96. The van der Waals surface area contributed by atoms with Gasteiger partial charge in [0.15, 0.2) is 0 Å². The predicted molar refractivity (Wildman–Crippen MR) is 68.0 cm³/mol. The Hall–Kier alpha value is -0.290. The first-order valence-electron chi connectivity index (χ1n) is 5.36. The van der Waals surface area contributed by atoms with Gasteiger partial charge in [-0.05, 0) is 60.1 Å². The molecule has 1 saturated carbocycles. The second-order valence-electron chi connectivity index (χ2n) is 3.97. The third kappa shape index (κ3) is 3.08. The monoisotopic (exact) mass is 318 g/mol. The van der Waals surface area contributed by atoms with Gasteiger partial charge < -0.3 is 9.84 Å². The predicted octanol–water partition coefficient (Wildman–Crippen LogP) is 2.97. The topological polar surface area (TPSA) is 29.5 Å². The molecule has 2 rings (SSSR count). The Kier molecular flexibility index (Phi) is 3.86. The van der Waals surface area contributed by atoms with Gasteiger partial charge in [0.05, 0.1) is 6.10 Å². The molecule has 1 aliphatic carbocycles. The Bertz CT molecular complexity index is 327. The van der Waals surface area contributed by atoms with Gasteiger partial charge in [-0.3, -0.25) is 0 Å². The minimum absolute atomic E-state index is 0.0167. The molecule has 0 amide bonds. The SMILES string of the molecule is O[C@H]1CCCC[C@@H]1Oc1cccc(I)c1. The summed E-state index contributed by atoms with van der Waals surface area (Å²) >= 11 is 2.26. The van der Waals surface area contributed by atoms with Crippen LogP contribution in [0.3, 0.4) is 0 Å². The maximum absolute atomic E-state index is 9.77. The summed E-state index contributed by atoms with van der Waals surface area (Å²) in [6, 6.07) is 7.96. The summed E-state index contributed by atoms with van der Waals surface area (Å²) in [7, 11) is 0. The maximum atomic E-state index is 9.77. The number of hydrogen-bond acceptors (Lipinski definition) is 2. The Morgan fingerprint density at radius 3 is 2.80 bits per heavy atom. The van der Waals surface area contributed by atoms with Gasteiger partial charge in [0.25, 0.3) is 0 Å². The lowest BCUT2D eigenvalue weighted by atomic mass is 9.95. The molecule has 0 radical (unpaired) electrons. The zero-order valence-electron chi connectivity index (χ0n) is 8.53. The molecule has 15 heavy (non-hydrogen) atoms. The van der Waals surface area contributed by atoms with Crippen LogP contribution in [0.2, 0.25) is 0 Å². The molecule has 0 heterocycles. The number of benzene rings is 1. The van der Waals surface area contributed by atoms with E-state index in [1.807, 2.05) is 24.3 Å². The molecule has 3 heteroatoms. The van der Waals surface area contributed by atoms with E-state index in [0.717, 1.165) is 35.0 Å². The number of rotatable bonds is 2. The minimum atomic E-state index is -0.295. The Labute approximate surface area is 104 Å². The van der Waals surface area contributed by atoms with Crippen LogP contribution in [0.15, 0.2) is 24.3 Å². The van der Waals surface area contributed by atoms with Gasteiger partial charge in [-0.15, -0.1) is 0 Å². The molecule has 1 aliphatic rings. The van der Waals surface area contributed by atoms with E-state index < -0.39 is 0 Å². The fourth-order valence-corrected chi connectivity index (χ4v) is 2.44. The van der Waals surface area contributed by atoms with E-state index in [0.29, 0.717) is 0 Å². The first kappa shape index (κ1) is 11.2. The van der Waals surface area contributed by atoms with Gasteiger partial charge in [-0.25, -0.2) is 0 Å². The molecule has 2 atom stereocenters. The first-order chi connectivity index (χ1) is 7.25. The van der Waals surface area contributed by atoms with Crippen molar-refractivity contribution in [2.45, 2.75) is 37.9 Å². The van der Waals surface area contributed by atoms with Crippen molar-refractivity contribution in [2.75, 3.05) is 0 Å². The van der Waals surface area contributed by atoms with Crippen LogP contribution in [0.1, 0.15) is 25.7 Å². The van der Waals surface area contributed by atoms with E-state index in [1.165, 1.54) is 0 Å². The van der Waals surface area contributed by atoms with E-state index in [2.05, 4.69) is 22.6 Å². The smallest absolute Gasteiger partial charge is 0.124 e. The van der Waals surface area contributed by atoms with Gasteiger partial charge in [0, 0.05) is 3.57 Å². The lowest BCUT2D eigenvalue weighted by Crippen LogP contribution is -2.34. The fourth-order valence-electron chi connectivity index (χ4n) is 1.93. The maximum Gasteiger partial charge on any atom is 0.124 e. The summed E-state index contributed by atoms with van der Waals surface area (Å²) in [5, 5.41) is 9.77. The summed E-state index contributed by atoms with van der Waals surface area (Å²) in [6.07, 6.45) is 3.80. The largest absolute Gasteiger partial charge is 0.488 e. The zero-order valence-corrected chi connectivity index (χ0v) is 10.7. The van der Waals surface area contributed by atoms with E-state index in [1.54, 1.807) is 0 Å². The van der Waals surface area contributed by atoms with Gasteiger partial charge in [-0.1, -0.05) is 12.5 Å². The molecule has 82 valence electrons. The van der Waals surface area contributed by atoms with E-state index in [-0.39, 0.29) is 12.2 Å². The van der Waals surface area contributed by atoms with Crippen molar-refractivity contribution in [1.82, 2.24) is 0 Å². The highest BCUT2D eigenvalue weighted by Gasteiger charge is 2.24. The number of aliphatic hydroxyl groups excluding tert-OH is 1. The molecule has 0 aromatic heterocycles. The summed E-state index contributed by atoms with van der Waals surface area (Å²) in [6.45, 7) is 0. The zero-order chi connectivity index (χ0) is 10.7. The van der Waals surface area contributed by atoms with Gasteiger partial charge in [-0.2, -0.15) is 0 Å². The van der Waals surface area contributed by atoms with Crippen LogP contribution in [0, 0.1) is 3.57 Å². The van der Waals surface area contributed by atoms with E-state index in [9.17, 15) is 5.11 Å². The molecule has 1 N–H and O–H groups in total. The van der Waals surface area contributed by atoms with Crippen molar-refractivity contribution in [3.8, 4) is 5.75 Å². The summed E-state index contributed by atoms with van der Waals surface area (Å²) in [5.74, 6) is 0.868. The number of aliphatic hydroxyl groups is 1. The molecule has 0 saturated heterocycles. The average molecular weight is 318 g/mol. The van der Waals surface area contributed by atoms with Gasteiger partial charge >= 0.3 is 0 Å². The minimum Gasteiger partial charge on any atom is -0.488 e. The summed E-state index contributed by atoms with van der Waals surface area (Å²) in [5.41, 5.74) is 0. The van der Waals surface area contributed by atoms with Gasteiger partial charge in [0.2, 0.25) is 0 Å². The quantitative estimate of drug-likeness (QED) is 0.850.